The molecule has 0 saturated heterocycles. The summed E-state index contributed by atoms with van der Waals surface area (Å²) in [5.41, 5.74) is 3.07. The number of hydrogen-bond donors (Lipinski definition) is 1. The van der Waals surface area contributed by atoms with E-state index in [2.05, 4.69) is 16.6 Å². The average Bonchev–Trinajstić information content (AvgIpc) is 2.99. The van der Waals surface area contributed by atoms with E-state index in [1.54, 1.807) is 0 Å². The van der Waals surface area contributed by atoms with Gasteiger partial charge in [0.25, 0.3) is 21.6 Å². The molecular weight excluding hydrogens is 592 g/mol. The van der Waals surface area contributed by atoms with Gasteiger partial charge in [0.1, 0.15) is 12.3 Å². The van der Waals surface area contributed by atoms with Gasteiger partial charge in [-0.25, -0.2) is 13.8 Å². The fraction of sp³-hybridized carbons (Fsp3) is 0.0968. The van der Waals surface area contributed by atoms with Crippen LogP contribution in [0.1, 0.15) is 11.1 Å². The highest BCUT2D eigenvalue weighted by Gasteiger charge is 2.31. The van der Waals surface area contributed by atoms with Crippen LogP contribution in [0.4, 0.5) is 11.4 Å². The van der Waals surface area contributed by atoms with Crippen LogP contribution in [0, 0.1) is 17.0 Å². The number of amides is 1. The number of hydrazone groups is 1. The van der Waals surface area contributed by atoms with Crippen LogP contribution in [-0.2, 0) is 14.8 Å². The second kappa shape index (κ2) is 12.1. The van der Waals surface area contributed by atoms with Crippen molar-refractivity contribution in [1.82, 2.24) is 5.43 Å². The molecule has 0 aromatic heterocycles. The normalized spacial score (nSPS) is 11.6. The summed E-state index contributed by atoms with van der Waals surface area (Å²) in [4.78, 5) is 23.7. The van der Waals surface area contributed by atoms with Gasteiger partial charge in [-0.15, -0.1) is 0 Å². The van der Waals surface area contributed by atoms with Crippen molar-refractivity contribution in [3.63, 3.8) is 0 Å². The maximum atomic E-state index is 13.9. The first-order chi connectivity index (χ1) is 20.6. The van der Waals surface area contributed by atoms with Gasteiger partial charge in [0, 0.05) is 22.2 Å². The van der Waals surface area contributed by atoms with Crippen molar-refractivity contribution >= 4 is 66.7 Å². The number of carbonyl (C=O) groups excluding carboxylic acids is 1. The second-order valence-corrected chi connectivity index (χ2v) is 11.9. The highest BCUT2D eigenvalue weighted by atomic mass is 35.5. The van der Waals surface area contributed by atoms with Gasteiger partial charge in [0.05, 0.1) is 28.8 Å². The van der Waals surface area contributed by atoms with Crippen molar-refractivity contribution < 1.29 is 22.9 Å². The zero-order valence-corrected chi connectivity index (χ0v) is 24.6. The molecule has 43 heavy (non-hydrogen) atoms. The lowest BCUT2D eigenvalue weighted by Gasteiger charge is -2.25. The molecule has 5 aromatic rings. The molecule has 5 aromatic carbocycles. The number of fused-ring (bicyclic) bond motifs is 2. The summed E-state index contributed by atoms with van der Waals surface area (Å²) in [6, 6.07) is 25.4. The molecule has 0 atom stereocenters. The van der Waals surface area contributed by atoms with Crippen molar-refractivity contribution in [3.05, 3.63) is 117 Å². The van der Waals surface area contributed by atoms with E-state index in [-0.39, 0.29) is 32.6 Å². The van der Waals surface area contributed by atoms with Crippen LogP contribution in [-0.4, -0.2) is 39.1 Å². The Morgan fingerprint density at radius 2 is 1.65 bits per heavy atom. The molecule has 0 aliphatic heterocycles. The molecule has 10 nitrogen and oxygen atoms in total. The number of anilines is 1. The van der Waals surface area contributed by atoms with Crippen LogP contribution in [0.15, 0.2) is 101 Å². The SMILES string of the molecule is COc1ccc(Cl)cc1N(CC(=O)N/N=C\c1c2ccccc2cc2ccccc12)S(=O)(=O)c1ccc(C)c([N+](=O)[O-])c1. The number of methoxy groups -OCH3 is 1. The monoisotopic (exact) mass is 616 g/mol. The number of rotatable bonds is 9. The summed E-state index contributed by atoms with van der Waals surface area (Å²) in [6.07, 6.45) is 1.52. The second-order valence-electron chi connectivity index (χ2n) is 9.56. The minimum atomic E-state index is -4.53. The Morgan fingerprint density at radius 1 is 1.00 bits per heavy atom. The largest absolute Gasteiger partial charge is 0.495 e. The van der Waals surface area contributed by atoms with E-state index in [9.17, 15) is 23.3 Å². The van der Waals surface area contributed by atoms with E-state index in [1.165, 1.54) is 50.6 Å². The van der Waals surface area contributed by atoms with Gasteiger partial charge < -0.3 is 4.74 Å². The third-order valence-corrected chi connectivity index (χ3v) is 8.85. The highest BCUT2D eigenvalue weighted by Crippen LogP contribution is 2.36. The van der Waals surface area contributed by atoms with Crippen molar-refractivity contribution in [2.24, 2.45) is 5.10 Å². The van der Waals surface area contributed by atoms with Crippen molar-refractivity contribution in [2.75, 3.05) is 18.0 Å². The third-order valence-electron chi connectivity index (χ3n) is 6.86. The Kier molecular flexibility index (Phi) is 8.29. The quantitative estimate of drug-likeness (QED) is 0.0905. The molecule has 1 N–H and O–H groups in total. The fourth-order valence-corrected chi connectivity index (χ4v) is 6.36. The van der Waals surface area contributed by atoms with Crippen LogP contribution in [0.25, 0.3) is 21.5 Å². The first-order valence-electron chi connectivity index (χ1n) is 12.9. The van der Waals surface area contributed by atoms with Gasteiger partial charge >= 0.3 is 0 Å². The lowest BCUT2D eigenvalue weighted by molar-refractivity contribution is -0.385. The number of ether oxygens (including phenoxy) is 1. The van der Waals surface area contributed by atoms with Gasteiger partial charge in [-0.05, 0) is 58.8 Å². The molecule has 0 spiro atoms. The lowest BCUT2D eigenvalue weighted by Crippen LogP contribution is -2.39. The van der Waals surface area contributed by atoms with E-state index < -0.39 is 27.4 Å². The number of aryl methyl sites for hydroxylation is 1. The molecule has 12 heteroatoms. The van der Waals surface area contributed by atoms with Crippen LogP contribution < -0.4 is 14.5 Å². The molecule has 5 rings (SSSR count). The Hall–Kier alpha value is -5.00. The number of nitro groups is 1. The number of benzene rings is 5. The molecule has 0 bridgehead atoms. The zero-order valence-electron chi connectivity index (χ0n) is 23.0. The Labute approximate surface area is 252 Å². The van der Waals surface area contributed by atoms with E-state index in [1.807, 2.05) is 48.5 Å². The highest BCUT2D eigenvalue weighted by molar-refractivity contribution is 7.92. The first-order valence-corrected chi connectivity index (χ1v) is 14.8. The van der Waals surface area contributed by atoms with Crippen molar-refractivity contribution in [2.45, 2.75) is 11.8 Å². The van der Waals surface area contributed by atoms with Gasteiger partial charge in [0.2, 0.25) is 0 Å². The zero-order chi connectivity index (χ0) is 30.7. The number of hydrogen-bond acceptors (Lipinski definition) is 7. The van der Waals surface area contributed by atoms with E-state index in [0.717, 1.165) is 37.5 Å². The minimum Gasteiger partial charge on any atom is -0.495 e. The lowest BCUT2D eigenvalue weighted by atomic mass is 9.97. The number of nitro benzene ring substituents is 1. The predicted molar refractivity (Wildman–Crippen MR) is 168 cm³/mol. The molecule has 0 aliphatic rings. The summed E-state index contributed by atoms with van der Waals surface area (Å²) >= 11 is 6.19. The summed E-state index contributed by atoms with van der Waals surface area (Å²) in [6.45, 7) is 0.769. The van der Waals surface area contributed by atoms with Crippen molar-refractivity contribution in [1.29, 1.82) is 0 Å². The van der Waals surface area contributed by atoms with Crippen LogP contribution in [0.3, 0.4) is 0 Å². The molecule has 218 valence electrons. The fourth-order valence-electron chi connectivity index (χ4n) is 4.75. The molecule has 0 fully saturated rings. The molecule has 0 radical (unpaired) electrons. The smallest absolute Gasteiger partial charge is 0.273 e. The van der Waals surface area contributed by atoms with Crippen LogP contribution in [0.2, 0.25) is 5.02 Å². The number of nitrogens with one attached hydrogen (secondary N) is 1. The van der Waals surface area contributed by atoms with Crippen LogP contribution >= 0.6 is 11.6 Å². The summed E-state index contributed by atoms with van der Waals surface area (Å²) in [5, 5.41) is 19.7. The van der Waals surface area contributed by atoms with E-state index in [0.29, 0.717) is 0 Å². The molecule has 1 amide bonds. The Balaban J connectivity index is 1.51. The molecule has 0 saturated carbocycles. The topological polar surface area (TPSA) is 131 Å². The minimum absolute atomic E-state index is 0.0302. The molecule has 0 aliphatic carbocycles. The molecule has 0 heterocycles. The van der Waals surface area contributed by atoms with Crippen molar-refractivity contribution in [3.8, 4) is 5.75 Å². The molecule has 0 unspecified atom stereocenters. The Morgan fingerprint density at radius 3 is 2.28 bits per heavy atom. The van der Waals surface area contributed by atoms with Gasteiger partial charge in [-0.1, -0.05) is 66.2 Å². The van der Waals surface area contributed by atoms with E-state index in [4.69, 9.17) is 16.3 Å². The predicted octanol–water partition coefficient (Wildman–Crippen LogP) is 6.22. The van der Waals surface area contributed by atoms with Crippen LogP contribution in [0.5, 0.6) is 5.75 Å². The third kappa shape index (κ3) is 5.99. The summed E-state index contributed by atoms with van der Waals surface area (Å²) in [7, 11) is -3.19. The average molecular weight is 617 g/mol. The maximum Gasteiger partial charge on any atom is 0.273 e. The first kappa shape index (κ1) is 29.5. The van der Waals surface area contributed by atoms with Gasteiger partial charge in [-0.3, -0.25) is 19.2 Å². The van der Waals surface area contributed by atoms with Gasteiger partial charge in [0.15, 0.2) is 0 Å². The number of sulfonamides is 1. The molecular formula is C31H25ClN4O6S. The maximum absolute atomic E-state index is 13.9. The van der Waals surface area contributed by atoms with Gasteiger partial charge in [-0.2, -0.15) is 5.10 Å². The number of carbonyl (C=O) groups is 1. The number of nitrogens with zero attached hydrogens (tertiary/aromatic N) is 3. The summed E-state index contributed by atoms with van der Waals surface area (Å²) in [5.74, 6) is -0.652. The standard InChI is InChI=1S/C31H25ClN4O6S/c1-20-11-13-24(17-28(20)36(38)39)43(40,41)35(29-16-23(32)12-14-30(29)42-2)19-31(37)34-33-18-27-25-9-5-3-7-21(25)15-22-8-4-6-10-26(22)27/h3-18H,19H2,1-2H3,(H,34,37)/b33-18-. The van der Waals surface area contributed by atoms with E-state index >= 15 is 0 Å². The number of halogens is 1. The Bertz CT molecular complexity index is 1980. The summed E-state index contributed by atoms with van der Waals surface area (Å²) < 4.78 is 34.0.